The summed E-state index contributed by atoms with van der Waals surface area (Å²) < 4.78 is 0.0761. The molecule has 3 nitrogen and oxygen atoms in total. The van der Waals surface area contributed by atoms with Crippen LogP contribution in [0, 0.1) is 17.8 Å². The number of rotatable bonds is 0. The Morgan fingerprint density at radius 3 is 2.89 bits per heavy atom. The molecule has 1 amide bonds. The summed E-state index contributed by atoms with van der Waals surface area (Å²) in [7, 11) is 1.87. The average molecular weight is 265 g/mol. The lowest BCUT2D eigenvalue weighted by molar-refractivity contribution is -0.134. The van der Waals surface area contributed by atoms with Crippen LogP contribution in [0.4, 0.5) is 0 Å². The second-order valence-corrected chi connectivity index (χ2v) is 8.43. The summed E-state index contributed by atoms with van der Waals surface area (Å²) in [6.45, 7) is 0.802. The quantitative estimate of drug-likeness (QED) is 0.626. The molecule has 4 heteroatoms. The summed E-state index contributed by atoms with van der Waals surface area (Å²) in [4.78, 5) is 26.2. The van der Waals surface area contributed by atoms with Crippen LogP contribution in [-0.4, -0.2) is 40.2 Å². The molecule has 0 radical (unpaired) electrons. The number of carbonyl (C=O) groups is 2. The Morgan fingerprint density at radius 2 is 2.11 bits per heavy atom. The molecule has 0 aromatic rings. The van der Waals surface area contributed by atoms with Crippen LogP contribution in [0.5, 0.6) is 0 Å². The van der Waals surface area contributed by atoms with Crippen LogP contribution in [0.1, 0.15) is 32.1 Å². The van der Waals surface area contributed by atoms with Gasteiger partial charge in [-0.25, -0.2) is 0 Å². The molecule has 0 aromatic heterocycles. The van der Waals surface area contributed by atoms with Crippen LogP contribution in [0.2, 0.25) is 0 Å². The van der Waals surface area contributed by atoms with Gasteiger partial charge in [-0.2, -0.15) is 0 Å². The second-order valence-electron chi connectivity index (χ2n) is 6.71. The summed E-state index contributed by atoms with van der Waals surface area (Å²) in [5.41, 5.74) is 0. The standard InChI is InChI=1S/C14H19NO2S/c1-15-7-14-6-8-2-9(4-10(3-8)18-14)13(14)11(16)5-12(15)17/h8-10,13H,2-7H2,1H3. The zero-order valence-corrected chi connectivity index (χ0v) is 11.5. The van der Waals surface area contributed by atoms with Crippen molar-refractivity contribution in [1.82, 2.24) is 4.90 Å². The number of ketones is 1. The van der Waals surface area contributed by atoms with E-state index in [2.05, 4.69) is 0 Å². The van der Waals surface area contributed by atoms with E-state index in [-0.39, 0.29) is 28.8 Å². The summed E-state index contributed by atoms with van der Waals surface area (Å²) in [5, 5.41) is 0.758. The molecular weight excluding hydrogens is 246 g/mol. The lowest BCUT2D eigenvalue weighted by atomic mass is 9.59. The Kier molecular flexibility index (Phi) is 2.22. The molecule has 1 spiro atoms. The molecule has 98 valence electrons. The van der Waals surface area contributed by atoms with Gasteiger partial charge in [0.2, 0.25) is 5.91 Å². The zero-order chi connectivity index (χ0) is 12.5. The monoisotopic (exact) mass is 265 g/mol. The number of Topliss-reactive ketones (excluding diaryl/α,β-unsaturated/α-hetero) is 1. The van der Waals surface area contributed by atoms with Crippen LogP contribution < -0.4 is 0 Å². The van der Waals surface area contributed by atoms with Crippen LogP contribution in [0.3, 0.4) is 0 Å². The number of nitrogens with zero attached hydrogens (tertiary/aromatic N) is 1. The lowest BCUT2D eigenvalue weighted by Gasteiger charge is -2.60. The van der Waals surface area contributed by atoms with E-state index in [4.69, 9.17) is 0 Å². The molecule has 4 bridgehead atoms. The Morgan fingerprint density at radius 1 is 1.28 bits per heavy atom. The van der Waals surface area contributed by atoms with E-state index >= 15 is 0 Å². The van der Waals surface area contributed by atoms with Gasteiger partial charge in [-0.15, -0.1) is 11.8 Å². The molecule has 3 aliphatic heterocycles. The highest BCUT2D eigenvalue weighted by Gasteiger charge is 2.61. The van der Waals surface area contributed by atoms with E-state index in [0.29, 0.717) is 5.92 Å². The van der Waals surface area contributed by atoms with Crippen molar-refractivity contribution in [3.8, 4) is 0 Å². The van der Waals surface area contributed by atoms with E-state index in [1.54, 1.807) is 0 Å². The largest absolute Gasteiger partial charge is 0.344 e. The molecular formula is C14H19NO2S. The first kappa shape index (κ1) is 11.3. The molecule has 2 aliphatic carbocycles. The normalized spacial score (nSPS) is 50.4. The topological polar surface area (TPSA) is 37.4 Å². The van der Waals surface area contributed by atoms with Crippen molar-refractivity contribution >= 4 is 23.5 Å². The van der Waals surface area contributed by atoms with Crippen molar-refractivity contribution in [3.05, 3.63) is 0 Å². The molecule has 3 heterocycles. The summed E-state index contributed by atoms with van der Waals surface area (Å²) in [6.07, 6.45) is 5.12. The van der Waals surface area contributed by atoms with Crippen molar-refractivity contribution in [3.63, 3.8) is 0 Å². The Balaban J connectivity index is 1.79. The van der Waals surface area contributed by atoms with Crippen molar-refractivity contribution < 1.29 is 9.59 Å². The minimum Gasteiger partial charge on any atom is -0.344 e. The van der Waals surface area contributed by atoms with E-state index in [1.165, 1.54) is 25.7 Å². The SMILES string of the molecule is CN1CC23CC4CC(CC(C4)C2C(=O)CC1=O)S3. The summed E-state index contributed by atoms with van der Waals surface area (Å²) >= 11 is 2.05. The first-order valence-electron chi connectivity index (χ1n) is 7.02. The number of amides is 1. The number of likely N-dealkylation sites (tertiary alicyclic amines) is 1. The maximum Gasteiger partial charge on any atom is 0.229 e. The maximum atomic E-state index is 12.5. The van der Waals surface area contributed by atoms with Gasteiger partial charge in [-0.3, -0.25) is 9.59 Å². The van der Waals surface area contributed by atoms with Gasteiger partial charge in [-0.1, -0.05) is 0 Å². The van der Waals surface area contributed by atoms with Gasteiger partial charge in [0.25, 0.3) is 0 Å². The smallest absolute Gasteiger partial charge is 0.229 e. The highest BCUT2D eigenvalue weighted by atomic mass is 32.2. The minimum absolute atomic E-state index is 0.0312. The van der Waals surface area contributed by atoms with Gasteiger partial charge in [0, 0.05) is 29.5 Å². The highest BCUT2D eigenvalue weighted by Crippen LogP contribution is 2.63. The van der Waals surface area contributed by atoms with E-state index in [1.807, 2.05) is 23.7 Å². The lowest BCUT2D eigenvalue weighted by Crippen LogP contribution is -2.60. The summed E-state index contributed by atoms with van der Waals surface area (Å²) in [6, 6.07) is 0. The number of hydrogen-bond acceptors (Lipinski definition) is 3. The third-order valence-corrected chi connectivity index (χ3v) is 7.21. The number of hydrogen-bond donors (Lipinski definition) is 0. The average Bonchev–Trinajstić information content (AvgIpc) is 2.33. The first-order chi connectivity index (χ1) is 8.57. The van der Waals surface area contributed by atoms with Crippen molar-refractivity contribution in [2.45, 2.75) is 42.1 Å². The number of thioether (sulfide) groups is 1. The molecule has 3 saturated heterocycles. The van der Waals surface area contributed by atoms with Crippen LogP contribution >= 0.6 is 11.8 Å². The van der Waals surface area contributed by atoms with E-state index < -0.39 is 0 Å². The molecule has 2 saturated carbocycles. The van der Waals surface area contributed by atoms with Gasteiger partial charge in [0.15, 0.2) is 0 Å². The van der Waals surface area contributed by atoms with Gasteiger partial charge >= 0.3 is 0 Å². The molecule has 0 N–H and O–H groups in total. The van der Waals surface area contributed by atoms with Crippen molar-refractivity contribution in [1.29, 1.82) is 0 Å². The van der Waals surface area contributed by atoms with Crippen LogP contribution in [-0.2, 0) is 9.59 Å². The fourth-order valence-electron chi connectivity index (χ4n) is 5.10. The first-order valence-corrected chi connectivity index (χ1v) is 7.90. The highest BCUT2D eigenvalue weighted by molar-refractivity contribution is 8.01. The third-order valence-electron chi connectivity index (χ3n) is 5.47. The van der Waals surface area contributed by atoms with E-state index in [0.717, 1.165) is 17.7 Å². The Hall–Kier alpha value is -0.510. The molecule has 5 rings (SSSR count). The van der Waals surface area contributed by atoms with Crippen LogP contribution in [0.25, 0.3) is 0 Å². The van der Waals surface area contributed by atoms with E-state index in [9.17, 15) is 9.59 Å². The van der Waals surface area contributed by atoms with Crippen molar-refractivity contribution in [2.24, 2.45) is 17.8 Å². The molecule has 0 aromatic carbocycles. The molecule has 5 aliphatic rings. The van der Waals surface area contributed by atoms with Gasteiger partial charge in [0.1, 0.15) is 5.78 Å². The maximum absolute atomic E-state index is 12.5. The molecule has 5 fully saturated rings. The van der Waals surface area contributed by atoms with Crippen molar-refractivity contribution in [2.75, 3.05) is 13.6 Å². The molecule has 18 heavy (non-hydrogen) atoms. The predicted octanol–water partition coefficient (Wildman–Crippen LogP) is 1.71. The zero-order valence-electron chi connectivity index (χ0n) is 10.7. The fraction of sp³-hybridized carbons (Fsp3) is 0.857. The van der Waals surface area contributed by atoms with Crippen LogP contribution in [0.15, 0.2) is 0 Å². The van der Waals surface area contributed by atoms with Gasteiger partial charge < -0.3 is 4.90 Å². The number of carbonyl (C=O) groups excluding carboxylic acids is 2. The minimum atomic E-state index is 0.0312. The Bertz CT molecular complexity index is 422. The second kappa shape index (κ2) is 3.53. The van der Waals surface area contributed by atoms with Gasteiger partial charge in [-0.05, 0) is 37.5 Å². The fourth-order valence-corrected chi connectivity index (χ4v) is 7.55. The molecule has 5 unspecified atom stereocenters. The molecule has 5 atom stereocenters. The predicted molar refractivity (Wildman–Crippen MR) is 70.3 cm³/mol. The Labute approximate surface area is 112 Å². The summed E-state index contributed by atoms with van der Waals surface area (Å²) in [5.74, 6) is 1.84. The van der Waals surface area contributed by atoms with Gasteiger partial charge in [0.05, 0.1) is 6.42 Å². The third kappa shape index (κ3) is 1.38.